The van der Waals surface area contributed by atoms with E-state index in [1.807, 2.05) is 30.6 Å². The maximum absolute atomic E-state index is 11.5. The molecule has 3 aromatic rings. The van der Waals surface area contributed by atoms with Crippen LogP contribution in [0.25, 0.3) is 10.1 Å². The second kappa shape index (κ2) is 9.15. The lowest BCUT2D eigenvalue weighted by molar-refractivity contribution is -0.116. The molecule has 5 heterocycles. The van der Waals surface area contributed by atoms with Crippen LogP contribution in [0.4, 0.5) is 11.6 Å². The smallest absolute Gasteiger partial charge is 0.225 e. The van der Waals surface area contributed by atoms with Gasteiger partial charge in [0.1, 0.15) is 11.6 Å². The van der Waals surface area contributed by atoms with Gasteiger partial charge in [-0.2, -0.15) is 9.36 Å². The fraction of sp³-hybridized carbons (Fsp3) is 0.455. The van der Waals surface area contributed by atoms with Crippen molar-refractivity contribution in [2.75, 3.05) is 49.5 Å². The van der Waals surface area contributed by atoms with Crippen molar-refractivity contribution in [2.45, 2.75) is 25.7 Å². The Kier molecular flexibility index (Phi) is 5.95. The molecule has 1 N–H and O–H groups in total. The number of hydrogen-bond acceptors (Lipinski definition) is 8. The largest absolute Gasteiger partial charge is 0.478 e. The Balaban J connectivity index is 1.03. The summed E-state index contributed by atoms with van der Waals surface area (Å²) in [5.74, 6) is 2.32. The molecule has 1 saturated heterocycles. The molecule has 2 aliphatic heterocycles. The minimum atomic E-state index is 0.0247. The number of rotatable bonds is 7. The van der Waals surface area contributed by atoms with Crippen molar-refractivity contribution < 1.29 is 9.53 Å². The Labute approximate surface area is 185 Å². The zero-order valence-electron chi connectivity index (χ0n) is 17.4. The number of piperazine rings is 1. The number of aromatic nitrogens is 3. The maximum Gasteiger partial charge on any atom is 0.225 e. The standard InChI is InChI=1S/C22H26N6O2S/c29-19-5-3-16-4-6-20(26-21(16)25-19)30-14-2-1-9-27-10-12-28(13-11-27)22-17-15-24-31-18(17)7-8-23-22/h4,6-8,15H,1-3,5,9-14H2,(H,25,26,29). The van der Waals surface area contributed by atoms with Crippen LogP contribution in [-0.2, 0) is 11.2 Å². The quantitative estimate of drug-likeness (QED) is 0.568. The predicted molar refractivity (Wildman–Crippen MR) is 122 cm³/mol. The molecule has 2 aliphatic rings. The highest BCUT2D eigenvalue weighted by molar-refractivity contribution is 7.13. The van der Waals surface area contributed by atoms with Gasteiger partial charge in [0.05, 0.1) is 22.9 Å². The molecule has 3 aromatic heterocycles. The molecule has 9 heteroatoms. The second-order valence-electron chi connectivity index (χ2n) is 7.96. The van der Waals surface area contributed by atoms with Crippen LogP contribution in [0.3, 0.4) is 0 Å². The van der Waals surface area contributed by atoms with Crippen molar-refractivity contribution in [3.05, 3.63) is 36.2 Å². The van der Waals surface area contributed by atoms with E-state index >= 15 is 0 Å². The number of amides is 1. The molecular weight excluding hydrogens is 412 g/mol. The molecule has 0 unspecified atom stereocenters. The number of hydrogen-bond donors (Lipinski definition) is 1. The number of carbonyl (C=O) groups excluding carboxylic acids is 1. The summed E-state index contributed by atoms with van der Waals surface area (Å²) >= 11 is 1.53. The maximum atomic E-state index is 11.5. The van der Waals surface area contributed by atoms with Crippen molar-refractivity contribution in [3.8, 4) is 5.88 Å². The molecular formula is C22H26N6O2S. The van der Waals surface area contributed by atoms with Gasteiger partial charge in [0.2, 0.25) is 11.8 Å². The van der Waals surface area contributed by atoms with Gasteiger partial charge in [0.25, 0.3) is 0 Å². The Bertz CT molecular complexity index is 1060. The molecule has 0 saturated carbocycles. The Morgan fingerprint density at radius 2 is 2.00 bits per heavy atom. The molecule has 1 amide bonds. The number of fused-ring (bicyclic) bond motifs is 2. The van der Waals surface area contributed by atoms with Crippen LogP contribution in [0.2, 0.25) is 0 Å². The Morgan fingerprint density at radius 1 is 1.10 bits per heavy atom. The Morgan fingerprint density at radius 3 is 2.90 bits per heavy atom. The van der Waals surface area contributed by atoms with E-state index in [2.05, 4.69) is 29.5 Å². The highest BCUT2D eigenvalue weighted by Crippen LogP contribution is 2.27. The number of pyridine rings is 2. The van der Waals surface area contributed by atoms with Crippen LogP contribution in [-0.4, -0.2) is 64.5 Å². The monoisotopic (exact) mass is 438 g/mol. The first-order valence-electron chi connectivity index (χ1n) is 10.9. The molecule has 0 aromatic carbocycles. The highest BCUT2D eigenvalue weighted by Gasteiger charge is 2.20. The summed E-state index contributed by atoms with van der Waals surface area (Å²) < 4.78 is 11.3. The van der Waals surface area contributed by atoms with Crippen molar-refractivity contribution >= 4 is 39.2 Å². The topological polar surface area (TPSA) is 83.5 Å². The van der Waals surface area contributed by atoms with Gasteiger partial charge in [-0.15, -0.1) is 0 Å². The number of ether oxygens (including phenoxy) is 1. The fourth-order valence-corrected chi connectivity index (χ4v) is 4.77. The minimum Gasteiger partial charge on any atom is -0.478 e. The SMILES string of the molecule is O=C1CCc2ccc(OCCCCN3CCN(c4nccc5sncc45)CC3)nc2N1. The minimum absolute atomic E-state index is 0.0247. The summed E-state index contributed by atoms with van der Waals surface area (Å²) in [6, 6.07) is 5.93. The number of carbonyl (C=O) groups is 1. The zero-order chi connectivity index (χ0) is 21.0. The molecule has 0 radical (unpaired) electrons. The van der Waals surface area contributed by atoms with Gasteiger partial charge in [-0.05, 0) is 55.0 Å². The third-order valence-corrected chi connectivity index (χ3v) is 6.65. The van der Waals surface area contributed by atoms with E-state index < -0.39 is 0 Å². The average molecular weight is 439 g/mol. The summed E-state index contributed by atoms with van der Waals surface area (Å²) in [6.45, 7) is 5.77. The summed E-state index contributed by atoms with van der Waals surface area (Å²) in [5, 5.41) is 3.98. The normalized spacial score (nSPS) is 16.9. The van der Waals surface area contributed by atoms with Crippen molar-refractivity contribution in [2.24, 2.45) is 0 Å². The lowest BCUT2D eigenvalue weighted by Gasteiger charge is -2.35. The third-order valence-electron chi connectivity index (χ3n) is 5.88. The van der Waals surface area contributed by atoms with E-state index in [9.17, 15) is 4.79 Å². The first kappa shape index (κ1) is 20.1. The first-order chi connectivity index (χ1) is 15.3. The summed E-state index contributed by atoms with van der Waals surface area (Å²) in [6.07, 6.45) is 7.15. The molecule has 1 fully saturated rings. The van der Waals surface area contributed by atoms with Crippen LogP contribution in [0.5, 0.6) is 5.88 Å². The second-order valence-corrected chi connectivity index (χ2v) is 8.80. The highest BCUT2D eigenvalue weighted by atomic mass is 32.1. The fourth-order valence-electron chi connectivity index (χ4n) is 4.13. The summed E-state index contributed by atoms with van der Waals surface area (Å²) in [7, 11) is 0. The Hall–Kier alpha value is -2.78. The van der Waals surface area contributed by atoms with E-state index in [-0.39, 0.29) is 5.91 Å². The van der Waals surface area contributed by atoms with Gasteiger partial charge in [-0.25, -0.2) is 4.98 Å². The number of nitrogens with one attached hydrogen (secondary N) is 1. The molecule has 0 spiro atoms. The van der Waals surface area contributed by atoms with E-state index in [1.54, 1.807) is 0 Å². The molecule has 0 atom stereocenters. The number of nitrogens with zero attached hydrogens (tertiary/aromatic N) is 5. The van der Waals surface area contributed by atoms with Gasteiger partial charge in [-0.1, -0.05) is 0 Å². The molecule has 162 valence electrons. The van der Waals surface area contributed by atoms with E-state index in [1.165, 1.54) is 16.2 Å². The van der Waals surface area contributed by atoms with Gasteiger partial charge in [0, 0.05) is 44.9 Å². The van der Waals surface area contributed by atoms with Gasteiger partial charge >= 0.3 is 0 Å². The lowest BCUT2D eigenvalue weighted by Crippen LogP contribution is -2.47. The molecule has 5 rings (SSSR count). The number of unbranched alkanes of at least 4 members (excludes halogenated alkanes) is 1. The first-order valence-corrected chi connectivity index (χ1v) is 11.6. The number of anilines is 2. The average Bonchev–Trinajstić information content (AvgIpc) is 3.28. The van der Waals surface area contributed by atoms with Crippen molar-refractivity contribution in [1.82, 2.24) is 19.2 Å². The molecule has 8 nitrogen and oxygen atoms in total. The predicted octanol–water partition coefficient (Wildman–Crippen LogP) is 2.95. The van der Waals surface area contributed by atoms with Crippen molar-refractivity contribution in [3.63, 3.8) is 0 Å². The molecule has 0 aliphatic carbocycles. The zero-order valence-corrected chi connectivity index (χ0v) is 18.2. The lowest BCUT2D eigenvalue weighted by atomic mass is 10.1. The summed E-state index contributed by atoms with van der Waals surface area (Å²) in [4.78, 5) is 25.4. The van der Waals surface area contributed by atoms with Crippen LogP contribution >= 0.6 is 11.5 Å². The third kappa shape index (κ3) is 4.62. The van der Waals surface area contributed by atoms with Gasteiger partial charge < -0.3 is 15.0 Å². The van der Waals surface area contributed by atoms with Crippen molar-refractivity contribution in [1.29, 1.82) is 0 Å². The van der Waals surface area contributed by atoms with E-state index in [0.29, 0.717) is 24.7 Å². The van der Waals surface area contributed by atoms with Crippen LogP contribution in [0.1, 0.15) is 24.8 Å². The van der Waals surface area contributed by atoms with E-state index in [4.69, 9.17) is 4.74 Å². The summed E-state index contributed by atoms with van der Waals surface area (Å²) in [5.41, 5.74) is 1.08. The van der Waals surface area contributed by atoms with E-state index in [0.717, 1.165) is 68.8 Å². The van der Waals surface area contributed by atoms with Gasteiger partial charge in [-0.3, -0.25) is 9.69 Å². The number of aryl methyl sites for hydroxylation is 1. The van der Waals surface area contributed by atoms with Crippen LogP contribution < -0.4 is 15.0 Å². The van der Waals surface area contributed by atoms with Crippen LogP contribution in [0, 0.1) is 0 Å². The van der Waals surface area contributed by atoms with Crippen LogP contribution in [0.15, 0.2) is 30.6 Å². The molecule has 31 heavy (non-hydrogen) atoms. The van der Waals surface area contributed by atoms with Gasteiger partial charge in [0.15, 0.2) is 0 Å². The molecule has 0 bridgehead atoms.